The summed E-state index contributed by atoms with van der Waals surface area (Å²) in [7, 11) is -3.85. The molecule has 0 aromatic heterocycles. The van der Waals surface area contributed by atoms with Crippen LogP contribution in [0, 0.1) is 6.92 Å². The maximum atomic E-state index is 12.1. The summed E-state index contributed by atoms with van der Waals surface area (Å²) in [5, 5.41) is 10.4. The topological polar surface area (TPSA) is 118 Å². The number of carbonyl (C=O) groups is 2. The maximum Gasteiger partial charge on any atom is 0.238 e. The number of anilines is 2. The fraction of sp³-hybridized carbons (Fsp3) is 0.176. The number of benzene rings is 2. The van der Waals surface area contributed by atoms with Crippen LogP contribution in [0.3, 0.4) is 0 Å². The van der Waals surface area contributed by atoms with E-state index in [-0.39, 0.29) is 23.1 Å². The Hall–Kier alpha value is -2.71. The summed E-state index contributed by atoms with van der Waals surface area (Å²) >= 11 is 0. The molecule has 25 heavy (non-hydrogen) atoms. The summed E-state index contributed by atoms with van der Waals surface area (Å²) in [6.07, 6.45) is 0.110. The summed E-state index contributed by atoms with van der Waals surface area (Å²) in [5.74, 6) is -0.466. The monoisotopic (exact) mass is 361 g/mol. The Morgan fingerprint density at radius 2 is 1.60 bits per heavy atom. The molecule has 132 valence electrons. The van der Waals surface area contributed by atoms with Crippen molar-refractivity contribution in [2.24, 2.45) is 5.14 Å². The van der Waals surface area contributed by atoms with Crippen LogP contribution in [0.15, 0.2) is 47.4 Å². The van der Waals surface area contributed by atoms with Gasteiger partial charge in [0.25, 0.3) is 0 Å². The third-order valence-corrected chi connectivity index (χ3v) is 4.47. The summed E-state index contributed by atoms with van der Waals surface area (Å²) in [5.41, 5.74) is 2.27. The van der Waals surface area contributed by atoms with E-state index in [1.165, 1.54) is 13.0 Å². The van der Waals surface area contributed by atoms with E-state index in [1.54, 1.807) is 43.3 Å². The van der Waals surface area contributed by atoms with Crippen molar-refractivity contribution in [2.75, 3.05) is 10.6 Å². The van der Waals surface area contributed by atoms with Crippen molar-refractivity contribution >= 4 is 33.2 Å². The zero-order valence-corrected chi connectivity index (χ0v) is 14.7. The normalized spacial score (nSPS) is 11.0. The molecule has 0 saturated carbocycles. The molecule has 0 bridgehead atoms. The number of nitrogens with one attached hydrogen (secondary N) is 2. The highest BCUT2D eigenvalue weighted by molar-refractivity contribution is 7.89. The molecule has 0 atom stereocenters. The average molecular weight is 361 g/mol. The first-order valence-corrected chi connectivity index (χ1v) is 8.99. The van der Waals surface area contributed by atoms with Gasteiger partial charge in [0.15, 0.2) is 0 Å². The van der Waals surface area contributed by atoms with Crippen molar-refractivity contribution in [3.05, 3.63) is 53.6 Å². The molecule has 0 aliphatic heterocycles. The van der Waals surface area contributed by atoms with Crippen LogP contribution in [0.5, 0.6) is 0 Å². The number of primary sulfonamides is 1. The first-order valence-electron chi connectivity index (χ1n) is 7.45. The smallest absolute Gasteiger partial charge is 0.238 e. The first kappa shape index (κ1) is 18.6. The summed E-state index contributed by atoms with van der Waals surface area (Å²) in [4.78, 5) is 23.1. The number of hydrogen-bond donors (Lipinski definition) is 3. The van der Waals surface area contributed by atoms with Crippen molar-refractivity contribution in [2.45, 2.75) is 25.2 Å². The lowest BCUT2D eigenvalue weighted by molar-refractivity contribution is -0.116. The zero-order chi connectivity index (χ0) is 18.6. The van der Waals surface area contributed by atoms with Crippen LogP contribution in [-0.4, -0.2) is 20.2 Å². The van der Waals surface area contributed by atoms with Crippen LogP contribution in [0.1, 0.15) is 18.1 Å². The molecule has 0 radical (unpaired) electrons. The first-order chi connectivity index (χ1) is 11.6. The quantitative estimate of drug-likeness (QED) is 0.752. The Morgan fingerprint density at radius 3 is 2.16 bits per heavy atom. The maximum absolute atomic E-state index is 12.1. The molecule has 0 aliphatic carbocycles. The van der Waals surface area contributed by atoms with Crippen molar-refractivity contribution in [1.29, 1.82) is 0 Å². The molecule has 7 nitrogen and oxygen atoms in total. The van der Waals surface area contributed by atoms with Crippen LogP contribution < -0.4 is 15.8 Å². The van der Waals surface area contributed by atoms with E-state index in [9.17, 15) is 18.0 Å². The molecule has 0 saturated heterocycles. The predicted molar refractivity (Wildman–Crippen MR) is 95.6 cm³/mol. The SMILES string of the molecule is CC(=O)Nc1ccc(CC(=O)Nc2ccc(C)c(S(N)(=O)=O)c2)cc1. The van der Waals surface area contributed by atoms with Gasteiger partial charge in [0, 0.05) is 18.3 Å². The van der Waals surface area contributed by atoms with Crippen molar-refractivity contribution in [1.82, 2.24) is 0 Å². The largest absolute Gasteiger partial charge is 0.326 e. The number of hydrogen-bond acceptors (Lipinski definition) is 4. The van der Waals surface area contributed by atoms with Crippen LogP contribution in [0.25, 0.3) is 0 Å². The number of rotatable bonds is 5. The number of nitrogens with two attached hydrogens (primary N) is 1. The second kappa shape index (κ2) is 7.45. The van der Waals surface area contributed by atoms with Crippen molar-refractivity contribution in [3.63, 3.8) is 0 Å². The van der Waals surface area contributed by atoms with Crippen LogP contribution in [0.4, 0.5) is 11.4 Å². The number of amides is 2. The molecular formula is C17H19N3O4S. The third-order valence-electron chi connectivity index (χ3n) is 3.42. The lowest BCUT2D eigenvalue weighted by Crippen LogP contribution is -2.17. The van der Waals surface area contributed by atoms with E-state index < -0.39 is 10.0 Å². The minimum atomic E-state index is -3.85. The standard InChI is InChI=1S/C17H19N3O4S/c1-11-3-6-15(10-16(11)25(18,23)24)20-17(22)9-13-4-7-14(8-5-13)19-12(2)21/h3-8,10H,9H2,1-2H3,(H,19,21)(H,20,22)(H2,18,23,24). The van der Waals surface area contributed by atoms with Gasteiger partial charge >= 0.3 is 0 Å². The molecular weight excluding hydrogens is 342 g/mol. The Labute approximate surface area is 146 Å². The van der Waals surface area contributed by atoms with Crippen LogP contribution in [-0.2, 0) is 26.0 Å². The molecule has 8 heteroatoms. The Morgan fingerprint density at radius 1 is 1.00 bits per heavy atom. The molecule has 4 N–H and O–H groups in total. The van der Waals surface area contributed by atoms with Gasteiger partial charge in [-0.2, -0.15) is 0 Å². The van der Waals surface area contributed by atoms with E-state index in [0.717, 1.165) is 5.56 Å². The Balaban J connectivity index is 2.06. The van der Waals surface area contributed by atoms with Gasteiger partial charge in [0.2, 0.25) is 21.8 Å². The lowest BCUT2D eigenvalue weighted by Gasteiger charge is -2.09. The summed E-state index contributed by atoms with van der Waals surface area (Å²) in [6.45, 7) is 3.04. The van der Waals surface area contributed by atoms with Crippen LogP contribution >= 0.6 is 0 Å². The van der Waals surface area contributed by atoms with Crippen LogP contribution in [0.2, 0.25) is 0 Å². The summed E-state index contributed by atoms with van der Waals surface area (Å²) in [6, 6.07) is 11.4. The summed E-state index contributed by atoms with van der Waals surface area (Å²) < 4.78 is 23.1. The van der Waals surface area contributed by atoms with Gasteiger partial charge in [-0.05, 0) is 42.3 Å². The van der Waals surface area contributed by atoms with Crippen molar-refractivity contribution < 1.29 is 18.0 Å². The molecule has 2 aromatic rings. The van der Waals surface area contributed by atoms with E-state index >= 15 is 0 Å². The lowest BCUT2D eigenvalue weighted by atomic mass is 10.1. The fourth-order valence-electron chi connectivity index (χ4n) is 2.28. The van der Waals surface area contributed by atoms with E-state index in [0.29, 0.717) is 16.9 Å². The zero-order valence-electron chi connectivity index (χ0n) is 13.9. The van der Waals surface area contributed by atoms with Crippen molar-refractivity contribution in [3.8, 4) is 0 Å². The minimum Gasteiger partial charge on any atom is -0.326 e. The number of aryl methyl sites for hydroxylation is 1. The van der Waals surface area contributed by atoms with Gasteiger partial charge < -0.3 is 10.6 Å². The minimum absolute atomic E-state index is 0.0232. The highest BCUT2D eigenvalue weighted by Gasteiger charge is 2.13. The third kappa shape index (κ3) is 5.40. The molecule has 0 spiro atoms. The van der Waals surface area contributed by atoms with E-state index in [1.807, 2.05) is 0 Å². The highest BCUT2D eigenvalue weighted by atomic mass is 32.2. The van der Waals surface area contributed by atoms with Gasteiger partial charge in [-0.25, -0.2) is 13.6 Å². The molecule has 2 aromatic carbocycles. The second-order valence-corrected chi connectivity index (χ2v) is 7.16. The molecule has 0 aliphatic rings. The second-order valence-electron chi connectivity index (χ2n) is 5.63. The van der Waals surface area contributed by atoms with E-state index in [4.69, 9.17) is 5.14 Å². The van der Waals surface area contributed by atoms with Gasteiger partial charge in [0.05, 0.1) is 11.3 Å². The molecule has 0 fully saturated rings. The van der Waals surface area contributed by atoms with Gasteiger partial charge in [-0.15, -0.1) is 0 Å². The van der Waals surface area contributed by atoms with Gasteiger partial charge in [0.1, 0.15) is 0 Å². The van der Waals surface area contributed by atoms with Gasteiger partial charge in [-0.1, -0.05) is 18.2 Å². The highest BCUT2D eigenvalue weighted by Crippen LogP contribution is 2.19. The average Bonchev–Trinajstić information content (AvgIpc) is 2.49. The van der Waals surface area contributed by atoms with Gasteiger partial charge in [-0.3, -0.25) is 9.59 Å². The molecule has 0 unspecified atom stereocenters. The van der Waals surface area contributed by atoms with E-state index in [2.05, 4.69) is 10.6 Å². The number of sulfonamides is 1. The Bertz CT molecular complexity index is 906. The Kier molecular flexibility index (Phi) is 5.55. The number of carbonyl (C=O) groups excluding carboxylic acids is 2. The fourth-order valence-corrected chi connectivity index (χ4v) is 3.09. The molecule has 2 amide bonds. The molecule has 0 heterocycles. The predicted octanol–water partition coefficient (Wildman–Crippen LogP) is 1.78. The molecule has 2 rings (SSSR count).